The first-order valence-electron chi connectivity index (χ1n) is 9.51. The Labute approximate surface area is 184 Å². The van der Waals surface area contributed by atoms with Crippen LogP contribution in [0.15, 0.2) is 28.0 Å². The number of hydrogen-bond acceptors (Lipinski definition) is 9. The van der Waals surface area contributed by atoms with Gasteiger partial charge in [-0.2, -0.15) is 13.2 Å². The van der Waals surface area contributed by atoms with E-state index in [-0.39, 0.29) is 5.88 Å². The maximum Gasteiger partial charge on any atom is 0.392 e. The molecule has 0 amide bonds. The van der Waals surface area contributed by atoms with Gasteiger partial charge in [0.05, 0.1) is 13.0 Å². The number of guanidine groups is 1. The molecule has 0 bridgehead atoms. The predicted molar refractivity (Wildman–Crippen MR) is 116 cm³/mol. The number of nitrogens with one attached hydrogen (secondary N) is 2. The number of thiazole rings is 2. The highest BCUT2D eigenvalue weighted by Crippen LogP contribution is 2.32. The third kappa shape index (κ3) is 5.70. The molecule has 2 N–H and O–H groups in total. The van der Waals surface area contributed by atoms with E-state index in [0.717, 1.165) is 58.1 Å². The van der Waals surface area contributed by atoms with Gasteiger partial charge in [0.2, 0.25) is 5.88 Å². The summed E-state index contributed by atoms with van der Waals surface area (Å²) in [6.45, 7) is 3.07. The summed E-state index contributed by atoms with van der Waals surface area (Å²) in [5.41, 5.74) is 3.12. The summed E-state index contributed by atoms with van der Waals surface area (Å²) in [5, 5.41) is 11.7. The number of hydrogen-bond donors (Lipinski definition) is 2. The lowest BCUT2D eigenvalue weighted by Crippen LogP contribution is -2.35. The largest absolute Gasteiger partial charge is 0.477 e. The number of halogens is 3. The normalized spacial score (nSPS) is 14.1. The van der Waals surface area contributed by atoms with Crippen LogP contribution in [0.1, 0.15) is 18.4 Å². The van der Waals surface area contributed by atoms with E-state index in [1.54, 1.807) is 12.3 Å². The summed E-state index contributed by atoms with van der Waals surface area (Å²) in [4.78, 5) is 17.7. The van der Waals surface area contributed by atoms with Crippen molar-refractivity contribution in [2.75, 3.05) is 25.0 Å². The third-order valence-corrected chi connectivity index (χ3v) is 5.98. The predicted octanol–water partition coefficient (Wildman–Crippen LogP) is 4.73. The van der Waals surface area contributed by atoms with Crippen LogP contribution >= 0.6 is 22.7 Å². The Bertz CT molecular complexity index is 1080. The van der Waals surface area contributed by atoms with E-state index in [1.165, 1.54) is 22.7 Å². The van der Waals surface area contributed by atoms with Crippen molar-refractivity contribution in [3.63, 3.8) is 0 Å². The first-order valence-corrected chi connectivity index (χ1v) is 11.3. The summed E-state index contributed by atoms with van der Waals surface area (Å²) in [7, 11) is 0. The molecule has 164 valence electrons. The van der Waals surface area contributed by atoms with Crippen LogP contribution in [0.2, 0.25) is 0 Å². The quantitative estimate of drug-likeness (QED) is 0.544. The third-order valence-electron chi connectivity index (χ3n) is 4.34. The minimum Gasteiger partial charge on any atom is -0.477 e. The minimum absolute atomic E-state index is 0.164. The maximum absolute atomic E-state index is 12.3. The van der Waals surface area contributed by atoms with Crippen molar-refractivity contribution in [1.29, 1.82) is 0 Å². The molecule has 0 unspecified atom stereocenters. The highest BCUT2D eigenvalue weighted by atomic mass is 32.1. The second-order valence-electron chi connectivity index (χ2n) is 6.76. The number of anilines is 1. The second kappa shape index (κ2) is 9.18. The first-order chi connectivity index (χ1) is 14.9. The lowest BCUT2D eigenvalue weighted by Gasteiger charge is -2.13. The van der Waals surface area contributed by atoms with Crippen LogP contribution < -0.4 is 15.4 Å². The van der Waals surface area contributed by atoms with Crippen molar-refractivity contribution < 1.29 is 17.9 Å². The molecule has 1 aliphatic rings. The lowest BCUT2D eigenvalue weighted by atomic mass is 10.2. The number of aliphatic imine (C=N–C) groups is 1. The lowest BCUT2D eigenvalue weighted by molar-refractivity contribution is -0.139. The fourth-order valence-corrected chi connectivity index (χ4v) is 4.38. The van der Waals surface area contributed by atoms with E-state index in [9.17, 15) is 13.2 Å². The Kier molecular flexibility index (Phi) is 6.37. The minimum atomic E-state index is -4.25. The fourth-order valence-electron chi connectivity index (χ4n) is 2.79. The standard InChI is InChI=1S/C19H19F3N6OS2/c1-11-7-15(29-6-3-19(20,21)22)25-8-12(11)16-26-13(9-30-16)14-10-31-18(27-14)28-17-23-4-2-5-24-17/h7-10H,2-6H2,1H3,(H2,23,24,27,28). The fraction of sp³-hybridized carbons (Fsp3) is 0.368. The van der Waals surface area contributed by atoms with Gasteiger partial charge in [-0.15, -0.1) is 22.7 Å². The van der Waals surface area contributed by atoms with E-state index < -0.39 is 19.2 Å². The van der Waals surface area contributed by atoms with Gasteiger partial charge < -0.3 is 15.4 Å². The van der Waals surface area contributed by atoms with Crippen LogP contribution in [-0.4, -0.2) is 46.8 Å². The van der Waals surface area contributed by atoms with Crippen LogP contribution in [0.25, 0.3) is 22.0 Å². The van der Waals surface area contributed by atoms with Gasteiger partial charge in [-0.3, -0.25) is 4.99 Å². The Morgan fingerprint density at radius 2 is 2.00 bits per heavy atom. The Morgan fingerprint density at radius 3 is 2.74 bits per heavy atom. The number of alkyl halides is 3. The molecule has 0 spiro atoms. The van der Waals surface area contributed by atoms with Crippen LogP contribution in [0.4, 0.5) is 18.3 Å². The van der Waals surface area contributed by atoms with Gasteiger partial charge in [0.25, 0.3) is 0 Å². The van der Waals surface area contributed by atoms with Gasteiger partial charge in [0.1, 0.15) is 16.4 Å². The SMILES string of the molecule is Cc1cc(OCCC(F)(F)F)ncc1-c1nc(-c2csc(NC3=NCCCN3)n2)cs1. The molecule has 0 radical (unpaired) electrons. The van der Waals surface area contributed by atoms with Crippen LogP contribution in [0.3, 0.4) is 0 Å². The number of rotatable bonds is 6. The van der Waals surface area contributed by atoms with Gasteiger partial charge in [-0.25, -0.2) is 15.0 Å². The van der Waals surface area contributed by atoms with Crippen molar-refractivity contribution in [3.8, 4) is 27.8 Å². The van der Waals surface area contributed by atoms with E-state index in [0.29, 0.717) is 0 Å². The van der Waals surface area contributed by atoms with Crippen molar-refractivity contribution in [2.24, 2.45) is 4.99 Å². The zero-order chi connectivity index (χ0) is 21.8. The Hall–Kier alpha value is -2.73. The van der Waals surface area contributed by atoms with Crippen LogP contribution in [0, 0.1) is 6.92 Å². The molecule has 3 aromatic heterocycles. The average Bonchev–Trinajstić information content (AvgIpc) is 3.38. The number of aromatic nitrogens is 3. The summed E-state index contributed by atoms with van der Waals surface area (Å²) < 4.78 is 41.9. The Morgan fingerprint density at radius 1 is 1.19 bits per heavy atom. The molecule has 31 heavy (non-hydrogen) atoms. The molecular formula is C19H19F3N6OS2. The van der Waals surface area contributed by atoms with Gasteiger partial charge in [0, 0.05) is 41.7 Å². The molecule has 12 heteroatoms. The van der Waals surface area contributed by atoms with E-state index in [2.05, 4.69) is 30.6 Å². The molecule has 0 saturated carbocycles. The van der Waals surface area contributed by atoms with Gasteiger partial charge in [-0.1, -0.05) is 0 Å². The first kappa shape index (κ1) is 21.5. The molecule has 7 nitrogen and oxygen atoms in total. The van der Waals surface area contributed by atoms with Gasteiger partial charge in [-0.05, 0) is 18.9 Å². The second-order valence-corrected chi connectivity index (χ2v) is 8.48. The van der Waals surface area contributed by atoms with Crippen molar-refractivity contribution >= 4 is 33.8 Å². The Balaban J connectivity index is 1.43. The molecular weight excluding hydrogens is 449 g/mol. The molecule has 3 aromatic rings. The van der Waals surface area contributed by atoms with E-state index in [4.69, 9.17) is 4.74 Å². The molecule has 0 saturated heterocycles. The monoisotopic (exact) mass is 468 g/mol. The van der Waals surface area contributed by atoms with Crippen molar-refractivity contribution in [1.82, 2.24) is 20.3 Å². The van der Waals surface area contributed by atoms with Crippen LogP contribution in [-0.2, 0) is 0 Å². The number of pyridine rings is 1. The zero-order valence-corrected chi connectivity index (χ0v) is 18.1. The molecule has 0 aliphatic carbocycles. The van der Waals surface area contributed by atoms with Crippen molar-refractivity contribution in [3.05, 3.63) is 28.6 Å². The molecule has 0 atom stereocenters. The van der Waals surface area contributed by atoms with Gasteiger partial charge >= 0.3 is 6.18 Å². The number of aryl methyl sites for hydroxylation is 1. The molecule has 0 aromatic carbocycles. The van der Waals surface area contributed by atoms with Gasteiger partial charge in [0.15, 0.2) is 11.1 Å². The number of nitrogens with zero attached hydrogens (tertiary/aromatic N) is 4. The summed E-state index contributed by atoms with van der Waals surface area (Å²) >= 11 is 2.92. The number of ether oxygens (including phenoxy) is 1. The highest BCUT2D eigenvalue weighted by Gasteiger charge is 2.27. The smallest absolute Gasteiger partial charge is 0.392 e. The topological polar surface area (TPSA) is 84.3 Å². The molecule has 4 heterocycles. The zero-order valence-electron chi connectivity index (χ0n) is 16.5. The van der Waals surface area contributed by atoms with E-state index in [1.807, 2.05) is 17.7 Å². The highest BCUT2D eigenvalue weighted by molar-refractivity contribution is 7.14. The van der Waals surface area contributed by atoms with Crippen molar-refractivity contribution in [2.45, 2.75) is 25.9 Å². The summed E-state index contributed by atoms with van der Waals surface area (Å²) in [6.07, 6.45) is -2.68. The van der Waals surface area contributed by atoms with E-state index >= 15 is 0 Å². The maximum atomic E-state index is 12.3. The molecule has 4 rings (SSSR count). The molecule has 1 aliphatic heterocycles. The van der Waals surface area contributed by atoms with Crippen LogP contribution in [0.5, 0.6) is 5.88 Å². The summed E-state index contributed by atoms with van der Waals surface area (Å²) in [6, 6.07) is 1.62. The molecule has 0 fully saturated rings. The summed E-state index contributed by atoms with van der Waals surface area (Å²) in [5.74, 6) is 0.891. The average molecular weight is 469 g/mol.